The smallest absolute Gasteiger partial charge is 0.343 e. The van der Waals surface area contributed by atoms with E-state index in [0.29, 0.717) is 16.1 Å². The van der Waals surface area contributed by atoms with E-state index < -0.39 is 17.6 Å². The van der Waals surface area contributed by atoms with Gasteiger partial charge in [0.05, 0.1) is 16.1 Å². The SMILES string of the molecule is Cc1cc(OC(=O)c2cccc(Cl)c2)cc2c1C(=O)/C(=C/c1c(F)cccc1Cl)O2. The van der Waals surface area contributed by atoms with Gasteiger partial charge in [-0.3, -0.25) is 4.79 Å². The molecule has 3 aromatic carbocycles. The highest BCUT2D eigenvalue weighted by Crippen LogP contribution is 2.38. The van der Waals surface area contributed by atoms with Crippen LogP contribution in [0.15, 0.2) is 60.4 Å². The molecule has 30 heavy (non-hydrogen) atoms. The maximum Gasteiger partial charge on any atom is 0.343 e. The molecule has 4 nitrogen and oxygen atoms in total. The van der Waals surface area contributed by atoms with E-state index >= 15 is 0 Å². The summed E-state index contributed by atoms with van der Waals surface area (Å²) in [4.78, 5) is 25.1. The van der Waals surface area contributed by atoms with Gasteiger partial charge in [0, 0.05) is 16.7 Å². The molecule has 0 spiro atoms. The average molecular weight is 443 g/mol. The lowest BCUT2D eigenvalue weighted by Gasteiger charge is -2.08. The third-order valence-electron chi connectivity index (χ3n) is 4.49. The highest BCUT2D eigenvalue weighted by Gasteiger charge is 2.31. The summed E-state index contributed by atoms with van der Waals surface area (Å²) in [5, 5.41) is 0.563. The third kappa shape index (κ3) is 3.82. The highest BCUT2D eigenvalue weighted by molar-refractivity contribution is 6.32. The second-order valence-electron chi connectivity index (χ2n) is 6.59. The number of carbonyl (C=O) groups excluding carboxylic acids is 2. The molecule has 0 amide bonds. The van der Waals surface area contributed by atoms with Crippen molar-refractivity contribution in [1.29, 1.82) is 0 Å². The minimum Gasteiger partial charge on any atom is -0.452 e. The lowest BCUT2D eigenvalue weighted by molar-refractivity contribution is 0.0734. The normalized spacial score (nSPS) is 13.9. The Morgan fingerprint density at radius 3 is 2.60 bits per heavy atom. The van der Waals surface area contributed by atoms with Gasteiger partial charge in [0.2, 0.25) is 5.78 Å². The lowest BCUT2D eigenvalue weighted by atomic mass is 10.0. The molecular formula is C23H13Cl2FO4. The molecule has 0 aliphatic carbocycles. The largest absolute Gasteiger partial charge is 0.452 e. The fourth-order valence-corrected chi connectivity index (χ4v) is 3.51. The van der Waals surface area contributed by atoms with E-state index in [4.69, 9.17) is 32.7 Å². The van der Waals surface area contributed by atoms with Crippen molar-refractivity contribution < 1.29 is 23.5 Å². The first-order valence-electron chi connectivity index (χ1n) is 8.84. The van der Waals surface area contributed by atoms with Gasteiger partial charge in [0.1, 0.15) is 17.3 Å². The van der Waals surface area contributed by atoms with Gasteiger partial charge in [-0.25, -0.2) is 9.18 Å². The van der Waals surface area contributed by atoms with Crippen LogP contribution in [0.3, 0.4) is 0 Å². The van der Waals surface area contributed by atoms with E-state index in [1.165, 1.54) is 36.4 Å². The Hall–Kier alpha value is -3.15. The number of hydrogen-bond acceptors (Lipinski definition) is 4. The van der Waals surface area contributed by atoms with E-state index in [-0.39, 0.29) is 33.4 Å². The van der Waals surface area contributed by atoms with Crippen molar-refractivity contribution in [2.75, 3.05) is 0 Å². The Kier molecular flexibility index (Phi) is 5.33. The molecule has 0 aromatic heterocycles. The van der Waals surface area contributed by atoms with Gasteiger partial charge in [0.15, 0.2) is 5.76 Å². The zero-order chi connectivity index (χ0) is 21.4. The molecule has 0 atom stereocenters. The molecule has 7 heteroatoms. The Balaban J connectivity index is 1.64. The summed E-state index contributed by atoms with van der Waals surface area (Å²) in [5.74, 6) is -1.24. The molecule has 0 saturated carbocycles. The van der Waals surface area contributed by atoms with Crippen LogP contribution in [0.25, 0.3) is 6.08 Å². The molecule has 1 aliphatic rings. The first-order valence-corrected chi connectivity index (χ1v) is 9.60. The van der Waals surface area contributed by atoms with E-state index in [2.05, 4.69) is 0 Å². The van der Waals surface area contributed by atoms with Gasteiger partial charge < -0.3 is 9.47 Å². The molecule has 0 radical (unpaired) electrons. The van der Waals surface area contributed by atoms with E-state index in [9.17, 15) is 14.0 Å². The number of halogens is 3. The van der Waals surface area contributed by atoms with Crippen LogP contribution in [0.2, 0.25) is 10.0 Å². The number of aryl methyl sites for hydroxylation is 1. The van der Waals surface area contributed by atoms with Crippen LogP contribution in [0.5, 0.6) is 11.5 Å². The predicted octanol–water partition coefficient (Wildman–Crippen LogP) is 6.28. The molecule has 0 fully saturated rings. The summed E-state index contributed by atoms with van der Waals surface area (Å²) in [6.45, 7) is 1.69. The standard InChI is InChI=1S/C23H13Cl2FO4/c1-12-8-15(29-23(28)13-4-2-5-14(24)9-13)10-19-21(12)22(27)20(30-19)11-16-17(25)6-3-7-18(16)26/h2-11H,1H3/b20-11-. The van der Waals surface area contributed by atoms with Crippen LogP contribution in [0.1, 0.15) is 31.8 Å². The number of rotatable bonds is 3. The number of fused-ring (bicyclic) bond motifs is 1. The first kappa shape index (κ1) is 20.1. The molecule has 150 valence electrons. The van der Waals surface area contributed by atoms with E-state index in [0.717, 1.165) is 0 Å². The quantitative estimate of drug-likeness (QED) is 0.272. The van der Waals surface area contributed by atoms with E-state index in [1.54, 1.807) is 31.2 Å². The zero-order valence-electron chi connectivity index (χ0n) is 15.5. The second kappa shape index (κ2) is 7.94. The fourth-order valence-electron chi connectivity index (χ4n) is 3.10. The van der Waals surface area contributed by atoms with Crippen LogP contribution in [0.4, 0.5) is 4.39 Å². The number of ketones is 1. The van der Waals surface area contributed by atoms with Crippen LogP contribution in [-0.2, 0) is 0 Å². The van der Waals surface area contributed by atoms with Crippen molar-refractivity contribution >= 4 is 41.0 Å². The Bertz CT molecular complexity index is 1210. The van der Waals surface area contributed by atoms with Crippen molar-refractivity contribution in [3.8, 4) is 11.5 Å². The summed E-state index contributed by atoms with van der Waals surface area (Å²) >= 11 is 11.9. The molecule has 3 aromatic rings. The number of hydrogen-bond donors (Lipinski definition) is 0. The second-order valence-corrected chi connectivity index (χ2v) is 7.43. The van der Waals surface area contributed by atoms with Crippen LogP contribution in [-0.4, -0.2) is 11.8 Å². The molecule has 0 N–H and O–H groups in total. The number of ether oxygens (including phenoxy) is 2. The van der Waals surface area contributed by atoms with Crippen LogP contribution < -0.4 is 9.47 Å². The fraction of sp³-hybridized carbons (Fsp3) is 0.0435. The van der Waals surface area contributed by atoms with Crippen molar-refractivity contribution in [2.45, 2.75) is 6.92 Å². The number of allylic oxidation sites excluding steroid dienone is 1. The van der Waals surface area contributed by atoms with Crippen LogP contribution in [0, 0.1) is 12.7 Å². The number of esters is 1. The Morgan fingerprint density at radius 2 is 1.87 bits per heavy atom. The molecular weight excluding hydrogens is 430 g/mol. The van der Waals surface area contributed by atoms with Gasteiger partial charge >= 0.3 is 5.97 Å². The molecule has 0 unspecified atom stereocenters. The summed E-state index contributed by atoms with van der Waals surface area (Å²) in [7, 11) is 0. The molecule has 4 rings (SSSR count). The topological polar surface area (TPSA) is 52.6 Å². The molecule has 1 heterocycles. The maximum atomic E-state index is 14.1. The minimum atomic E-state index is -0.602. The monoisotopic (exact) mass is 442 g/mol. The zero-order valence-corrected chi connectivity index (χ0v) is 17.1. The first-order chi connectivity index (χ1) is 14.3. The van der Waals surface area contributed by atoms with Crippen LogP contribution >= 0.6 is 23.2 Å². The lowest BCUT2D eigenvalue weighted by Crippen LogP contribution is -2.08. The van der Waals surface area contributed by atoms with Crippen molar-refractivity contribution in [1.82, 2.24) is 0 Å². The van der Waals surface area contributed by atoms with Crippen molar-refractivity contribution in [3.05, 3.63) is 98.5 Å². The molecule has 1 aliphatic heterocycles. The average Bonchev–Trinajstić information content (AvgIpc) is 3.00. The molecule has 0 saturated heterocycles. The number of Topliss-reactive ketones (excluding diaryl/α,β-unsaturated/α-hetero) is 1. The van der Waals surface area contributed by atoms with E-state index in [1.807, 2.05) is 0 Å². The van der Waals surface area contributed by atoms with Crippen molar-refractivity contribution in [3.63, 3.8) is 0 Å². The van der Waals surface area contributed by atoms with Crippen molar-refractivity contribution in [2.24, 2.45) is 0 Å². The summed E-state index contributed by atoms with van der Waals surface area (Å²) in [5.41, 5.74) is 1.21. The van der Waals surface area contributed by atoms with Gasteiger partial charge in [-0.2, -0.15) is 0 Å². The Labute approximate surface area is 181 Å². The van der Waals surface area contributed by atoms with Gasteiger partial charge in [0.25, 0.3) is 0 Å². The summed E-state index contributed by atoms with van der Waals surface area (Å²) in [6.07, 6.45) is 1.26. The Morgan fingerprint density at radius 1 is 1.10 bits per heavy atom. The minimum absolute atomic E-state index is 0.0561. The van der Waals surface area contributed by atoms with Gasteiger partial charge in [-0.15, -0.1) is 0 Å². The summed E-state index contributed by atoms with van der Waals surface area (Å²) < 4.78 is 25.1. The highest BCUT2D eigenvalue weighted by atomic mass is 35.5. The molecule has 0 bridgehead atoms. The van der Waals surface area contributed by atoms with Gasteiger partial charge in [-0.05, 0) is 55.0 Å². The number of benzene rings is 3. The third-order valence-corrected chi connectivity index (χ3v) is 5.05. The number of carbonyl (C=O) groups is 2. The predicted molar refractivity (Wildman–Crippen MR) is 112 cm³/mol. The van der Waals surface area contributed by atoms with Gasteiger partial charge in [-0.1, -0.05) is 35.3 Å². The maximum absolute atomic E-state index is 14.1. The summed E-state index contributed by atoms with van der Waals surface area (Å²) in [6, 6.07) is 13.6.